The molecule has 0 unspecified atom stereocenters. The Morgan fingerprint density at radius 1 is 1.08 bits per heavy atom. The molecule has 0 aliphatic carbocycles. The average molecular weight is 333 g/mol. The van der Waals surface area contributed by atoms with Crippen LogP contribution in [0.25, 0.3) is 0 Å². The van der Waals surface area contributed by atoms with Crippen molar-refractivity contribution in [2.45, 2.75) is 6.04 Å². The molecule has 0 aromatic heterocycles. The number of hydrogen-bond donors (Lipinski definition) is 2. The summed E-state index contributed by atoms with van der Waals surface area (Å²) in [4.78, 5) is 23.8. The van der Waals surface area contributed by atoms with Crippen molar-refractivity contribution in [2.75, 3.05) is 14.2 Å². The molecule has 0 spiro atoms. The maximum absolute atomic E-state index is 13.8. The molecule has 0 aliphatic rings. The molecule has 0 radical (unpaired) electrons. The highest BCUT2D eigenvalue weighted by Crippen LogP contribution is 2.24. The Kier molecular flexibility index (Phi) is 5.36. The second-order valence-corrected chi connectivity index (χ2v) is 4.87. The highest BCUT2D eigenvalue weighted by atomic mass is 19.1. The van der Waals surface area contributed by atoms with Gasteiger partial charge in [-0.15, -0.1) is 0 Å². The number of carbonyl (C=O) groups is 2. The summed E-state index contributed by atoms with van der Waals surface area (Å²) >= 11 is 0. The van der Waals surface area contributed by atoms with Crippen molar-refractivity contribution in [1.29, 1.82) is 0 Å². The first-order chi connectivity index (χ1) is 11.5. The summed E-state index contributed by atoms with van der Waals surface area (Å²) in [7, 11) is 2.85. The van der Waals surface area contributed by atoms with Crippen LogP contribution in [0.4, 0.5) is 4.39 Å². The minimum Gasteiger partial charge on any atom is -0.497 e. The van der Waals surface area contributed by atoms with Crippen LogP contribution in [0.1, 0.15) is 22.0 Å². The Hall–Kier alpha value is -3.09. The molecule has 2 aromatic carbocycles. The van der Waals surface area contributed by atoms with Gasteiger partial charge in [-0.2, -0.15) is 0 Å². The third-order valence-corrected chi connectivity index (χ3v) is 3.35. The minimum absolute atomic E-state index is 0.131. The van der Waals surface area contributed by atoms with E-state index in [9.17, 15) is 19.1 Å². The number of halogens is 1. The second kappa shape index (κ2) is 7.45. The molecule has 2 N–H and O–H groups in total. The van der Waals surface area contributed by atoms with Crippen LogP contribution >= 0.6 is 0 Å². The van der Waals surface area contributed by atoms with E-state index in [0.29, 0.717) is 11.5 Å². The molecule has 0 bridgehead atoms. The number of hydrogen-bond acceptors (Lipinski definition) is 4. The number of rotatable bonds is 6. The first-order valence-electron chi connectivity index (χ1n) is 6.97. The molecule has 0 saturated heterocycles. The van der Waals surface area contributed by atoms with Crippen molar-refractivity contribution in [1.82, 2.24) is 5.32 Å². The van der Waals surface area contributed by atoms with Gasteiger partial charge in [0.25, 0.3) is 5.91 Å². The highest BCUT2D eigenvalue weighted by Gasteiger charge is 2.25. The highest BCUT2D eigenvalue weighted by molar-refractivity contribution is 5.97. The Morgan fingerprint density at radius 2 is 1.67 bits per heavy atom. The van der Waals surface area contributed by atoms with E-state index in [1.54, 1.807) is 6.07 Å². The maximum Gasteiger partial charge on any atom is 0.331 e. The number of ether oxygens (including phenoxy) is 2. The van der Waals surface area contributed by atoms with Crippen molar-refractivity contribution in [2.24, 2.45) is 0 Å². The number of benzene rings is 2. The molecule has 0 saturated carbocycles. The molecule has 1 amide bonds. The monoisotopic (exact) mass is 333 g/mol. The molecule has 0 heterocycles. The lowest BCUT2D eigenvalue weighted by atomic mass is 10.1. The summed E-state index contributed by atoms with van der Waals surface area (Å²) in [5, 5.41) is 11.6. The number of carboxylic acid groups (broad SMARTS) is 1. The average Bonchev–Trinajstić information content (AvgIpc) is 2.59. The van der Waals surface area contributed by atoms with Gasteiger partial charge >= 0.3 is 5.97 Å². The number of aliphatic carboxylic acids is 1. The summed E-state index contributed by atoms with van der Waals surface area (Å²) in [5.74, 6) is -2.03. The van der Waals surface area contributed by atoms with Crippen LogP contribution in [0.3, 0.4) is 0 Å². The fraction of sp³-hybridized carbons (Fsp3) is 0.176. The van der Waals surface area contributed by atoms with Gasteiger partial charge in [-0.3, -0.25) is 4.79 Å². The predicted octanol–water partition coefficient (Wildman–Crippen LogP) is 2.40. The Morgan fingerprint density at radius 3 is 2.17 bits per heavy atom. The predicted molar refractivity (Wildman–Crippen MR) is 83.8 cm³/mol. The topological polar surface area (TPSA) is 84.9 Å². The van der Waals surface area contributed by atoms with Gasteiger partial charge in [0.1, 0.15) is 17.3 Å². The first-order valence-corrected chi connectivity index (χ1v) is 6.97. The quantitative estimate of drug-likeness (QED) is 0.848. The molecular formula is C17H16FNO5. The lowest BCUT2D eigenvalue weighted by Gasteiger charge is -2.16. The Balaban J connectivity index is 2.32. The van der Waals surface area contributed by atoms with E-state index in [1.807, 2.05) is 0 Å². The summed E-state index contributed by atoms with van der Waals surface area (Å²) in [6.07, 6.45) is 0. The zero-order valence-electron chi connectivity index (χ0n) is 13.1. The van der Waals surface area contributed by atoms with Crippen LogP contribution in [-0.2, 0) is 4.79 Å². The van der Waals surface area contributed by atoms with Crippen molar-refractivity contribution < 1.29 is 28.6 Å². The van der Waals surface area contributed by atoms with Crippen LogP contribution in [0, 0.1) is 5.82 Å². The lowest BCUT2D eigenvalue weighted by molar-refractivity contribution is -0.139. The van der Waals surface area contributed by atoms with Gasteiger partial charge in [-0.25, -0.2) is 9.18 Å². The number of methoxy groups -OCH3 is 2. The van der Waals surface area contributed by atoms with E-state index >= 15 is 0 Å². The Bertz CT molecular complexity index is 740. The van der Waals surface area contributed by atoms with Crippen LogP contribution in [0.15, 0.2) is 42.5 Å². The van der Waals surface area contributed by atoms with Gasteiger partial charge < -0.3 is 19.9 Å². The van der Waals surface area contributed by atoms with Crippen molar-refractivity contribution in [3.8, 4) is 11.5 Å². The van der Waals surface area contributed by atoms with Crippen LogP contribution in [-0.4, -0.2) is 31.2 Å². The molecule has 2 rings (SSSR count). The number of nitrogens with one attached hydrogen (secondary N) is 1. The van der Waals surface area contributed by atoms with E-state index in [0.717, 1.165) is 6.07 Å². The number of carbonyl (C=O) groups excluding carboxylic acids is 1. The van der Waals surface area contributed by atoms with E-state index in [-0.39, 0.29) is 11.1 Å². The van der Waals surface area contributed by atoms with Gasteiger partial charge in [0.2, 0.25) is 0 Å². The van der Waals surface area contributed by atoms with Crippen LogP contribution in [0.2, 0.25) is 0 Å². The van der Waals surface area contributed by atoms with Gasteiger partial charge in [0.05, 0.1) is 14.2 Å². The fourth-order valence-corrected chi connectivity index (χ4v) is 2.13. The lowest BCUT2D eigenvalue weighted by Crippen LogP contribution is -2.34. The van der Waals surface area contributed by atoms with E-state index < -0.39 is 23.7 Å². The van der Waals surface area contributed by atoms with Crippen molar-refractivity contribution in [3.63, 3.8) is 0 Å². The summed E-state index contributed by atoms with van der Waals surface area (Å²) in [5.41, 5.74) is 0.00185. The van der Waals surface area contributed by atoms with E-state index in [2.05, 4.69) is 5.32 Å². The molecule has 7 heteroatoms. The van der Waals surface area contributed by atoms with Gasteiger partial charge in [0, 0.05) is 17.2 Å². The molecule has 0 fully saturated rings. The van der Waals surface area contributed by atoms with Crippen molar-refractivity contribution in [3.05, 3.63) is 59.4 Å². The summed E-state index contributed by atoms with van der Waals surface area (Å²) in [6.45, 7) is 0. The summed E-state index contributed by atoms with van der Waals surface area (Å²) < 4.78 is 24.0. The van der Waals surface area contributed by atoms with E-state index in [1.165, 1.54) is 44.6 Å². The number of amides is 1. The van der Waals surface area contributed by atoms with Gasteiger partial charge in [0.15, 0.2) is 6.04 Å². The molecule has 0 aliphatic heterocycles. The molecular weight excluding hydrogens is 317 g/mol. The first kappa shape index (κ1) is 17.3. The van der Waals surface area contributed by atoms with Crippen LogP contribution in [0.5, 0.6) is 11.5 Å². The molecule has 2 aromatic rings. The zero-order chi connectivity index (χ0) is 17.7. The standard InChI is InChI=1S/C17H16FNO5/c1-23-11-7-10(8-12(9-11)24-2)16(20)19-15(17(21)22)13-5-3-4-6-14(13)18/h3-9,15H,1-2H3,(H,19,20)(H,21,22)/t15-/m0/s1. The smallest absolute Gasteiger partial charge is 0.331 e. The van der Waals surface area contributed by atoms with Gasteiger partial charge in [-0.1, -0.05) is 18.2 Å². The summed E-state index contributed by atoms with van der Waals surface area (Å²) in [6, 6.07) is 8.28. The zero-order valence-corrected chi connectivity index (χ0v) is 13.1. The SMILES string of the molecule is COc1cc(OC)cc(C(=O)N[C@H](C(=O)O)c2ccccc2F)c1. The largest absolute Gasteiger partial charge is 0.497 e. The minimum atomic E-state index is -1.52. The molecule has 24 heavy (non-hydrogen) atoms. The van der Waals surface area contributed by atoms with E-state index in [4.69, 9.17) is 9.47 Å². The normalized spacial score (nSPS) is 11.5. The van der Waals surface area contributed by atoms with Crippen molar-refractivity contribution >= 4 is 11.9 Å². The fourth-order valence-electron chi connectivity index (χ4n) is 2.13. The maximum atomic E-state index is 13.8. The van der Waals surface area contributed by atoms with Gasteiger partial charge in [-0.05, 0) is 18.2 Å². The number of carboxylic acids is 1. The Labute approximate surface area is 137 Å². The second-order valence-electron chi connectivity index (χ2n) is 4.87. The third-order valence-electron chi connectivity index (χ3n) is 3.35. The van der Waals surface area contributed by atoms with Crippen LogP contribution < -0.4 is 14.8 Å². The molecule has 1 atom stereocenters. The third kappa shape index (κ3) is 3.81. The molecule has 126 valence electrons. The molecule has 6 nitrogen and oxygen atoms in total.